The van der Waals surface area contributed by atoms with E-state index >= 15 is 4.39 Å². The summed E-state index contributed by atoms with van der Waals surface area (Å²) in [6, 6.07) is 6.73. The number of hydrogen-bond acceptors (Lipinski definition) is 3. The predicted octanol–water partition coefficient (Wildman–Crippen LogP) is 8.18. The van der Waals surface area contributed by atoms with Gasteiger partial charge in [0.1, 0.15) is 5.82 Å². The molecule has 0 amide bonds. The van der Waals surface area contributed by atoms with E-state index in [0.717, 1.165) is 68.2 Å². The lowest BCUT2D eigenvalue weighted by molar-refractivity contribution is -0.137. The maximum absolute atomic E-state index is 15.1. The third kappa shape index (κ3) is 6.26. The number of nitrogens with zero attached hydrogens (tertiary/aromatic N) is 1. The molecule has 0 spiro atoms. The highest BCUT2D eigenvalue weighted by atomic mass is 35.5. The van der Waals surface area contributed by atoms with E-state index in [2.05, 4.69) is 11.8 Å². The molecule has 2 atom stereocenters. The van der Waals surface area contributed by atoms with Gasteiger partial charge in [0.05, 0.1) is 23.8 Å². The van der Waals surface area contributed by atoms with Crippen molar-refractivity contribution in [2.24, 2.45) is 11.8 Å². The Morgan fingerprint density at radius 1 is 1.03 bits per heavy atom. The van der Waals surface area contributed by atoms with Gasteiger partial charge in [0, 0.05) is 30.6 Å². The first-order valence-electron chi connectivity index (χ1n) is 13.7. The molecule has 2 aliphatic carbocycles. The Bertz CT molecular complexity index is 1170. The number of alkyl halides is 3. The zero-order valence-electron chi connectivity index (χ0n) is 21.6. The second-order valence-electron chi connectivity index (χ2n) is 11.3. The van der Waals surface area contributed by atoms with Gasteiger partial charge in [-0.25, -0.2) is 4.39 Å². The summed E-state index contributed by atoms with van der Waals surface area (Å²) in [4.78, 5) is 15.2. The lowest BCUT2D eigenvalue weighted by Gasteiger charge is -2.32. The molecule has 2 aromatic carbocycles. The molecular weight excluding hydrogens is 518 g/mol. The van der Waals surface area contributed by atoms with Gasteiger partial charge in [-0.05, 0) is 97.4 Å². The second kappa shape index (κ2) is 11.3. The number of Topliss-reactive ketones (excluding diaryl/α,β-unsaturated/α-hetero) is 1. The normalized spacial score (nSPS) is 23.2. The Morgan fingerprint density at radius 2 is 1.76 bits per heavy atom. The maximum atomic E-state index is 15.1. The highest BCUT2D eigenvalue weighted by Crippen LogP contribution is 2.44. The first kappa shape index (κ1) is 27.6. The van der Waals surface area contributed by atoms with Crippen LogP contribution in [-0.2, 0) is 24.1 Å². The van der Waals surface area contributed by atoms with Crippen LogP contribution in [0.3, 0.4) is 0 Å². The summed E-state index contributed by atoms with van der Waals surface area (Å²) in [6.07, 6.45) is 2.00. The number of carbonyl (C=O) groups is 1. The van der Waals surface area contributed by atoms with Crippen molar-refractivity contribution in [3.05, 3.63) is 69.0 Å². The highest BCUT2D eigenvalue weighted by molar-refractivity contribution is 6.31. The fourth-order valence-electron chi connectivity index (χ4n) is 6.01. The van der Waals surface area contributed by atoms with Gasteiger partial charge < -0.3 is 4.74 Å². The van der Waals surface area contributed by atoms with E-state index in [1.165, 1.54) is 12.1 Å². The maximum Gasteiger partial charge on any atom is 0.416 e. The monoisotopic (exact) mass is 551 g/mol. The summed E-state index contributed by atoms with van der Waals surface area (Å²) >= 11 is 6.17. The van der Waals surface area contributed by atoms with Crippen molar-refractivity contribution in [3.63, 3.8) is 0 Å². The minimum absolute atomic E-state index is 0.0148. The van der Waals surface area contributed by atoms with Crippen LogP contribution in [0.25, 0.3) is 0 Å². The minimum atomic E-state index is -4.40. The summed E-state index contributed by atoms with van der Waals surface area (Å²) < 4.78 is 60.6. The van der Waals surface area contributed by atoms with Crippen molar-refractivity contribution in [1.82, 2.24) is 4.90 Å². The van der Waals surface area contributed by atoms with Gasteiger partial charge in [-0.3, -0.25) is 9.69 Å². The lowest BCUT2D eigenvalue weighted by Crippen LogP contribution is -2.36. The van der Waals surface area contributed by atoms with E-state index in [1.807, 2.05) is 0 Å². The zero-order valence-corrected chi connectivity index (χ0v) is 22.4. The van der Waals surface area contributed by atoms with Crippen molar-refractivity contribution < 1.29 is 27.1 Å². The molecule has 3 nitrogen and oxygen atoms in total. The molecule has 1 saturated heterocycles. The molecule has 206 valence electrons. The van der Waals surface area contributed by atoms with Crippen molar-refractivity contribution in [1.29, 1.82) is 0 Å². The van der Waals surface area contributed by atoms with Crippen LogP contribution in [-0.4, -0.2) is 29.9 Å². The van der Waals surface area contributed by atoms with Gasteiger partial charge in [-0.15, -0.1) is 0 Å². The first-order chi connectivity index (χ1) is 18.1. The largest absolute Gasteiger partial charge is 0.416 e. The highest BCUT2D eigenvalue weighted by Gasteiger charge is 2.35. The molecule has 0 radical (unpaired) electrons. The van der Waals surface area contributed by atoms with E-state index in [0.29, 0.717) is 48.7 Å². The molecule has 3 aliphatic rings. The third-order valence-electron chi connectivity index (χ3n) is 8.49. The minimum Gasteiger partial charge on any atom is -0.373 e. The molecule has 8 heteroatoms. The molecule has 0 bridgehead atoms. The van der Waals surface area contributed by atoms with Crippen LogP contribution < -0.4 is 0 Å². The number of rotatable bonds is 8. The van der Waals surface area contributed by atoms with Crippen LogP contribution >= 0.6 is 11.6 Å². The standard InChI is InChI=1S/C30H34ClF4NO2/c1-18-3-2-4-24(18)29(37)26-15-25(19-5-6-19)21(14-28(26)32)17-38-23-9-11-36(12-10-23)16-20-13-22(30(33,34)35)7-8-27(20)31/h7-8,13-15,18-19,23-24H,2-6,9-12,16-17H2,1H3/t18-,24-/m1/s1. The number of ketones is 1. The van der Waals surface area contributed by atoms with Crippen LogP contribution in [0.15, 0.2) is 30.3 Å². The average molecular weight is 552 g/mol. The SMILES string of the molecule is C[C@@H]1CCC[C@H]1C(=O)c1cc(C2CC2)c(COC2CCN(Cc3cc(C(F)(F)F)ccc3Cl)CC2)cc1F. The summed E-state index contributed by atoms with van der Waals surface area (Å²) in [5, 5.41) is 0.329. The molecule has 1 heterocycles. The molecule has 2 saturated carbocycles. The zero-order chi connectivity index (χ0) is 27.0. The first-order valence-corrected chi connectivity index (χ1v) is 14.0. The topological polar surface area (TPSA) is 29.5 Å². The van der Waals surface area contributed by atoms with Crippen molar-refractivity contribution in [2.45, 2.75) is 83.2 Å². The lowest BCUT2D eigenvalue weighted by atomic mass is 9.87. The Morgan fingerprint density at radius 3 is 2.39 bits per heavy atom. The Kier molecular flexibility index (Phi) is 8.18. The number of ether oxygens (including phenoxy) is 1. The predicted molar refractivity (Wildman–Crippen MR) is 139 cm³/mol. The van der Waals surface area contributed by atoms with Crippen LogP contribution in [0, 0.1) is 17.7 Å². The van der Waals surface area contributed by atoms with Crippen LogP contribution in [0.5, 0.6) is 0 Å². The molecule has 1 aliphatic heterocycles. The fraction of sp³-hybridized carbons (Fsp3) is 0.567. The van der Waals surface area contributed by atoms with E-state index in [4.69, 9.17) is 16.3 Å². The Hall–Kier alpha value is -1.96. The molecule has 0 N–H and O–H groups in total. The molecule has 5 rings (SSSR count). The molecular formula is C30H34ClF4NO2. The summed E-state index contributed by atoms with van der Waals surface area (Å²) in [6.45, 7) is 4.07. The van der Waals surface area contributed by atoms with Gasteiger partial charge in [-0.2, -0.15) is 13.2 Å². The quantitative estimate of drug-likeness (QED) is 0.245. The van der Waals surface area contributed by atoms with E-state index in [-0.39, 0.29) is 23.4 Å². The third-order valence-corrected chi connectivity index (χ3v) is 8.85. The van der Waals surface area contributed by atoms with Gasteiger partial charge >= 0.3 is 6.18 Å². The average Bonchev–Trinajstić information content (AvgIpc) is 3.63. The summed E-state index contributed by atoms with van der Waals surface area (Å²) in [5.41, 5.74) is 1.86. The number of benzene rings is 2. The van der Waals surface area contributed by atoms with Gasteiger partial charge in [0.15, 0.2) is 5.78 Å². The number of hydrogen-bond donors (Lipinski definition) is 0. The Balaban J connectivity index is 1.19. The van der Waals surface area contributed by atoms with Crippen LogP contribution in [0.2, 0.25) is 5.02 Å². The number of piperidine rings is 1. The Labute approximate surface area is 226 Å². The molecule has 0 aromatic heterocycles. The number of likely N-dealkylation sites (tertiary alicyclic amines) is 1. The molecule has 0 unspecified atom stereocenters. The van der Waals surface area contributed by atoms with Crippen molar-refractivity contribution in [2.75, 3.05) is 13.1 Å². The van der Waals surface area contributed by atoms with E-state index in [1.54, 1.807) is 6.07 Å². The van der Waals surface area contributed by atoms with E-state index in [9.17, 15) is 18.0 Å². The van der Waals surface area contributed by atoms with Gasteiger partial charge in [0.25, 0.3) is 0 Å². The second-order valence-corrected chi connectivity index (χ2v) is 11.7. The van der Waals surface area contributed by atoms with Crippen molar-refractivity contribution in [3.8, 4) is 0 Å². The van der Waals surface area contributed by atoms with Gasteiger partial charge in [-0.1, -0.05) is 24.9 Å². The smallest absolute Gasteiger partial charge is 0.373 e. The van der Waals surface area contributed by atoms with E-state index < -0.39 is 17.6 Å². The number of halogens is 5. The number of carbonyl (C=O) groups excluding carboxylic acids is 1. The molecule has 38 heavy (non-hydrogen) atoms. The van der Waals surface area contributed by atoms with Crippen LogP contribution in [0.1, 0.15) is 90.4 Å². The fourth-order valence-corrected chi connectivity index (χ4v) is 6.19. The molecule has 3 fully saturated rings. The summed E-state index contributed by atoms with van der Waals surface area (Å²) in [5.74, 6) is 0.0558. The molecule has 2 aromatic rings. The van der Waals surface area contributed by atoms with Crippen molar-refractivity contribution >= 4 is 17.4 Å². The van der Waals surface area contributed by atoms with Crippen LogP contribution in [0.4, 0.5) is 17.6 Å². The van der Waals surface area contributed by atoms with Gasteiger partial charge in [0.2, 0.25) is 0 Å². The summed E-state index contributed by atoms with van der Waals surface area (Å²) in [7, 11) is 0.